The summed E-state index contributed by atoms with van der Waals surface area (Å²) in [6.07, 6.45) is 1.08. The predicted molar refractivity (Wildman–Crippen MR) is 66.8 cm³/mol. The number of hydrogen-bond donors (Lipinski definition) is 2. The molecule has 4 heteroatoms. The van der Waals surface area contributed by atoms with Crippen LogP contribution in [0.2, 0.25) is 5.02 Å². The zero-order chi connectivity index (χ0) is 11.4. The highest BCUT2D eigenvalue weighted by Crippen LogP contribution is 2.21. The van der Waals surface area contributed by atoms with E-state index in [-0.39, 0.29) is 6.04 Å². The first-order valence-electron chi connectivity index (χ1n) is 5.59. The molecule has 1 aromatic rings. The number of ether oxygens (including phenoxy) is 1. The summed E-state index contributed by atoms with van der Waals surface area (Å²) in [5, 5.41) is 4.16. The number of hydrogen-bond acceptors (Lipinski definition) is 3. The van der Waals surface area contributed by atoms with Crippen LogP contribution in [0.3, 0.4) is 0 Å². The largest absolute Gasteiger partial charge is 0.381 e. The molecule has 0 radical (unpaired) electrons. The fourth-order valence-corrected chi connectivity index (χ4v) is 2.22. The minimum atomic E-state index is 0.265. The third-order valence-corrected chi connectivity index (χ3v) is 3.20. The molecule has 0 aromatic heterocycles. The van der Waals surface area contributed by atoms with Gasteiger partial charge in [0.05, 0.1) is 6.61 Å². The normalized spacial score (nSPS) is 22.0. The molecule has 1 aromatic carbocycles. The van der Waals surface area contributed by atoms with Crippen LogP contribution in [-0.4, -0.2) is 25.8 Å². The molecule has 1 fully saturated rings. The molecule has 1 aliphatic heterocycles. The molecule has 1 saturated heterocycles. The Hall–Kier alpha value is -0.770. The first-order valence-corrected chi connectivity index (χ1v) is 5.97. The van der Waals surface area contributed by atoms with Crippen LogP contribution < -0.4 is 11.1 Å². The lowest BCUT2D eigenvalue weighted by atomic mass is 9.99. The lowest BCUT2D eigenvalue weighted by molar-refractivity contribution is 0.182. The van der Waals surface area contributed by atoms with Gasteiger partial charge in [0, 0.05) is 35.8 Å². The van der Waals surface area contributed by atoms with Gasteiger partial charge in [-0.05, 0) is 24.6 Å². The van der Waals surface area contributed by atoms with Crippen molar-refractivity contribution in [2.24, 2.45) is 11.7 Å². The number of rotatable bonds is 4. The number of nitrogens with one attached hydrogen (secondary N) is 1. The number of anilines is 1. The molecule has 0 spiro atoms. The van der Waals surface area contributed by atoms with Crippen LogP contribution in [0.5, 0.6) is 0 Å². The van der Waals surface area contributed by atoms with Crippen LogP contribution in [0.15, 0.2) is 24.3 Å². The summed E-state index contributed by atoms with van der Waals surface area (Å²) < 4.78 is 5.38. The van der Waals surface area contributed by atoms with Gasteiger partial charge in [0.25, 0.3) is 0 Å². The quantitative estimate of drug-likeness (QED) is 0.848. The van der Waals surface area contributed by atoms with Gasteiger partial charge < -0.3 is 15.8 Å². The zero-order valence-electron chi connectivity index (χ0n) is 9.16. The van der Waals surface area contributed by atoms with Crippen LogP contribution in [0.4, 0.5) is 5.69 Å². The van der Waals surface area contributed by atoms with Crippen LogP contribution in [0.1, 0.15) is 6.42 Å². The van der Waals surface area contributed by atoms with E-state index in [9.17, 15) is 0 Å². The van der Waals surface area contributed by atoms with Gasteiger partial charge in [-0.2, -0.15) is 0 Å². The number of benzene rings is 1. The number of halogens is 1. The van der Waals surface area contributed by atoms with Crippen molar-refractivity contribution in [2.45, 2.75) is 12.5 Å². The Kier molecular flexibility index (Phi) is 4.04. The van der Waals surface area contributed by atoms with Crippen LogP contribution >= 0.6 is 11.6 Å². The van der Waals surface area contributed by atoms with E-state index in [0.717, 1.165) is 30.3 Å². The summed E-state index contributed by atoms with van der Waals surface area (Å²) in [6.45, 7) is 2.26. The molecule has 1 heterocycles. The van der Waals surface area contributed by atoms with Crippen molar-refractivity contribution in [2.75, 3.05) is 25.1 Å². The van der Waals surface area contributed by atoms with Crippen molar-refractivity contribution in [1.29, 1.82) is 0 Å². The maximum absolute atomic E-state index is 5.94. The summed E-state index contributed by atoms with van der Waals surface area (Å²) in [4.78, 5) is 0. The van der Waals surface area contributed by atoms with E-state index in [1.54, 1.807) is 0 Å². The fraction of sp³-hybridized carbons (Fsp3) is 0.500. The molecular formula is C12H17ClN2O. The highest BCUT2D eigenvalue weighted by molar-refractivity contribution is 6.30. The first-order chi connectivity index (χ1) is 7.79. The van der Waals surface area contributed by atoms with Gasteiger partial charge >= 0.3 is 0 Å². The highest BCUT2D eigenvalue weighted by atomic mass is 35.5. The third-order valence-electron chi connectivity index (χ3n) is 2.96. The average Bonchev–Trinajstić information content (AvgIpc) is 2.79. The molecule has 1 aliphatic rings. The smallest absolute Gasteiger partial charge is 0.0515 e. The van der Waals surface area contributed by atoms with Crippen molar-refractivity contribution in [3.05, 3.63) is 29.3 Å². The molecule has 0 bridgehead atoms. The SMILES string of the molecule is NCC(Nc1cccc(Cl)c1)C1CCOC1. The Morgan fingerprint density at radius 1 is 1.56 bits per heavy atom. The summed E-state index contributed by atoms with van der Waals surface area (Å²) in [5.74, 6) is 0.504. The molecule has 0 saturated carbocycles. The minimum absolute atomic E-state index is 0.265. The molecule has 2 rings (SSSR count). The van der Waals surface area contributed by atoms with E-state index >= 15 is 0 Å². The third kappa shape index (κ3) is 2.88. The van der Waals surface area contributed by atoms with Gasteiger partial charge in [-0.1, -0.05) is 17.7 Å². The minimum Gasteiger partial charge on any atom is -0.381 e. The Balaban J connectivity index is 2.00. The summed E-state index contributed by atoms with van der Waals surface area (Å²) >= 11 is 5.94. The molecule has 3 nitrogen and oxygen atoms in total. The molecular weight excluding hydrogens is 224 g/mol. The standard InChI is InChI=1S/C12H17ClN2O/c13-10-2-1-3-11(6-10)15-12(7-14)9-4-5-16-8-9/h1-3,6,9,12,15H,4-5,7-8,14H2. The van der Waals surface area contributed by atoms with E-state index in [1.807, 2.05) is 24.3 Å². The maximum atomic E-state index is 5.94. The fourth-order valence-electron chi connectivity index (χ4n) is 2.03. The van der Waals surface area contributed by atoms with E-state index in [1.165, 1.54) is 0 Å². The topological polar surface area (TPSA) is 47.3 Å². The Bertz CT molecular complexity index is 340. The van der Waals surface area contributed by atoms with E-state index in [2.05, 4.69) is 5.32 Å². The zero-order valence-corrected chi connectivity index (χ0v) is 9.91. The predicted octanol–water partition coefficient (Wildman–Crippen LogP) is 2.12. The van der Waals surface area contributed by atoms with Crippen molar-refractivity contribution in [1.82, 2.24) is 0 Å². The van der Waals surface area contributed by atoms with E-state index < -0.39 is 0 Å². The molecule has 2 unspecified atom stereocenters. The van der Waals surface area contributed by atoms with Crippen molar-refractivity contribution in [3.8, 4) is 0 Å². The van der Waals surface area contributed by atoms with Gasteiger partial charge in [-0.3, -0.25) is 0 Å². The Morgan fingerprint density at radius 3 is 3.06 bits per heavy atom. The second-order valence-corrected chi connectivity index (χ2v) is 4.56. The van der Waals surface area contributed by atoms with Crippen LogP contribution in [0.25, 0.3) is 0 Å². The van der Waals surface area contributed by atoms with Gasteiger partial charge in [-0.25, -0.2) is 0 Å². The van der Waals surface area contributed by atoms with Gasteiger partial charge in [0.1, 0.15) is 0 Å². The molecule has 0 aliphatic carbocycles. The lowest BCUT2D eigenvalue weighted by Crippen LogP contribution is -2.36. The van der Waals surface area contributed by atoms with Crippen molar-refractivity contribution < 1.29 is 4.74 Å². The van der Waals surface area contributed by atoms with Crippen molar-refractivity contribution in [3.63, 3.8) is 0 Å². The lowest BCUT2D eigenvalue weighted by Gasteiger charge is -2.23. The Morgan fingerprint density at radius 2 is 2.44 bits per heavy atom. The monoisotopic (exact) mass is 240 g/mol. The van der Waals surface area contributed by atoms with E-state index in [4.69, 9.17) is 22.1 Å². The molecule has 16 heavy (non-hydrogen) atoms. The summed E-state index contributed by atoms with van der Waals surface area (Å²) in [5.41, 5.74) is 6.81. The van der Waals surface area contributed by atoms with Gasteiger partial charge in [0.15, 0.2) is 0 Å². The van der Waals surface area contributed by atoms with Crippen LogP contribution in [0, 0.1) is 5.92 Å². The molecule has 88 valence electrons. The van der Waals surface area contributed by atoms with E-state index in [0.29, 0.717) is 12.5 Å². The molecule has 3 N–H and O–H groups in total. The van der Waals surface area contributed by atoms with Crippen molar-refractivity contribution >= 4 is 17.3 Å². The van der Waals surface area contributed by atoms with Crippen LogP contribution in [-0.2, 0) is 4.74 Å². The molecule has 0 amide bonds. The molecule has 2 atom stereocenters. The van der Waals surface area contributed by atoms with Gasteiger partial charge in [-0.15, -0.1) is 0 Å². The number of nitrogens with two attached hydrogens (primary N) is 1. The maximum Gasteiger partial charge on any atom is 0.0515 e. The second-order valence-electron chi connectivity index (χ2n) is 4.12. The summed E-state index contributed by atoms with van der Waals surface area (Å²) in [7, 11) is 0. The Labute approximate surface area is 101 Å². The average molecular weight is 241 g/mol. The van der Waals surface area contributed by atoms with Gasteiger partial charge in [0.2, 0.25) is 0 Å². The first kappa shape index (κ1) is 11.7. The summed E-state index contributed by atoms with van der Waals surface area (Å²) in [6, 6.07) is 7.98. The second kappa shape index (κ2) is 5.53. The highest BCUT2D eigenvalue weighted by Gasteiger charge is 2.24.